The third kappa shape index (κ3) is 6.23. The van der Waals surface area contributed by atoms with Gasteiger partial charge in [0.05, 0.1) is 19.4 Å². The number of aromatic amines is 1. The second kappa shape index (κ2) is 12.4. The molecule has 1 fully saturated rings. The normalized spacial score (nSPS) is 16.4. The number of methoxy groups -OCH3 is 1. The average Bonchev–Trinajstić information content (AvgIpc) is 3.51. The molecule has 0 spiro atoms. The van der Waals surface area contributed by atoms with Crippen LogP contribution in [0.2, 0.25) is 0 Å². The maximum absolute atomic E-state index is 11.8. The number of nitrogen functional groups attached to an aromatic ring is 1. The number of aromatic nitrogens is 4. The van der Waals surface area contributed by atoms with Crippen LogP contribution in [0.25, 0.3) is 11.0 Å². The second-order valence-electron chi connectivity index (χ2n) is 10.1. The molecule has 212 valence electrons. The molecule has 0 radical (unpaired) electrons. The molecule has 2 aliphatic rings. The lowest BCUT2D eigenvalue weighted by molar-refractivity contribution is -0.137. The highest BCUT2D eigenvalue weighted by molar-refractivity contribution is 6.12. The molecule has 2 aliphatic heterocycles. The second-order valence-corrected chi connectivity index (χ2v) is 10.1. The number of H-pyrrole nitrogens is 1. The quantitative estimate of drug-likeness (QED) is 0.254. The molecule has 2 amide bonds. The number of amides is 2. The van der Waals surface area contributed by atoms with Crippen LogP contribution in [0.1, 0.15) is 36.6 Å². The number of fused-ring (bicyclic) bond motifs is 1. The van der Waals surface area contributed by atoms with Crippen molar-refractivity contribution in [2.45, 2.75) is 32.7 Å². The van der Waals surface area contributed by atoms with Crippen LogP contribution < -0.4 is 15.2 Å². The van der Waals surface area contributed by atoms with E-state index >= 15 is 0 Å². The van der Waals surface area contributed by atoms with Crippen molar-refractivity contribution >= 4 is 28.7 Å². The topological polar surface area (TPSA) is 143 Å². The van der Waals surface area contributed by atoms with Gasteiger partial charge in [-0.1, -0.05) is 25.5 Å². The van der Waals surface area contributed by atoms with Crippen LogP contribution in [0, 0.1) is 0 Å². The number of imide groups is 1. The number of nitrogens with two attached hydrogens (primary N) is 1. The fourth-order valence-electron chi connectivity index (χ4n) is 4.98. The predicted octanol–water partition coefficient (Wildman–Crippen LogP) is 1.76. The van der Waals surface area contributed by atoms with Crippen molar-refractivity contribution in [3.8, 4) is 11.8 Å². The summed E-state index contributed by atoms with van der Waals surface area (Å²) in [7, 11) is 1.68. The predicted molar refractivity (Wildman–Crippen MR) is 150 cm³/mol. The molecule has 0 saturated carbocycles. The first kappa shape index (κ1) is 27.5. The Labute approximate surface area is 233 Å². The number of unbranched alkanes of at least 4 members (excludes halogenated alkanes) is 1. The summed E-state index contributed by atoms with van der Waals surface area (Å²) < 4.78 is 11.4. The van der Waals surface area contributed by atoms with Gasteiger partial charge in [0.2, 0.25) is 0 Å². The summed E-state index contributed by atoms with van der Waals surface area (Å²) in [4.78, 5) is 38.3. The minimum atomic E-state index is -0.222. The molecule has 1 saturated heterocycles. The van der Waals surface area contributed by atoms with Gasteiger partial charge in [-0.15, -0.1) is 0 Å². The first-order chi connectivity index (χ1) is 19.4. The van der Waals surface area contributed by atoms with Gasteiger partial charge in [-0.3, -0.25) is 29.4 Å². The van der Waals surface area contributed by atoms with Crippen molar-refractivity contribution in [3.63, 3.8) is 0 Å². The van der Waals surface area contributed by atoms with Crippen LogP contribution in [0.5, 0.6) is 11.8 Å². The van der Waals surface area contributed by atoms with Gasteiger partial charge in [0.1, 0.15) is 16.8 Å². The molecule has 1 aromatic carbocycles. The minimum Gasteiger partial charge on any atom is -0.496 e. The minimum absolute atomic E-state index is 0.222. The summed E-state index contributed by atoms with van der Waals surface area (Å²) in [5.74, 6) is 0.662. The van der Waals surface area contributed by atoms with E-state index in [4.69, 9.17) is 15.2 Å². The van der Waals surface area contributed by atoms with E-state index in [9.17, 15) is 9.59 Å². The van der Waals surface area contributed by atoms with Crippen molar-refractivity contribution < 1.29 is 19.1 Å². The molecule has 0 unspecified atom stereocenters. The van der Waals surface area contributed by atoms with Crippen LogP contribution >= 0.6 is 0 Å². The Balaban J connectivity index is 1.18. The molecule has 0 atom stereocenters. The van der Waals surface area contributed by atoms with Crippen LogP contribution in [0.15, 0.2) is 30.4 Å². The number of piperazine rings is 1. The number of ether oxygens (including phenoxy) is 2. The number of anilines is 1. The molecule has 12 heteroatoms. The number of carbonyl (C=O) groups excluding carboxylic acids is 2. The zero-order valence-electron chi connectivity index (χ0n) is 23.1. The molecular formula is C28H36N8O4. The monoisotopic (exact) mass is 548 g/mol. The van der Waals surface area contributed by atoms with E-state index in [1.807, 2.05) is 0 Å². The highest BCUT2D eigenvalue weighted by atomic mass is 16.5. The molecule has 0 bridgehead atoms. The van der Waals surface area contributed by atoms with Crippen LogP contribution in [0.4, 0.5) is 5.82 Å². The molecule has 40 heavy (non-hydrogen) atoms. The van der Waals surface area contributed by atoms with Gasteiger partial charge in [0, 0.05) is 69.9 Å². The van der Waals surface area contributed by atoms with Crippen molar-refractivity contribution in [1.29, 1.82) is 0 Å². The molecule has 2 aromatic heterocycles. The molecular weight excluding hydrogens is 512 g/mol. The van der Waals surface area contributed by atoms with E-state index in [0.717, 1.165) is 62.6 Å². The Bertz CT molecular complexity index is 1380. The third-order valence-corrected chi connectivity index (χ3v) is 7.34. The Morgan fingerprint density at radius 3 is 2.50 bits per heavy atom. The van der Waals surface area contributed by atoms with Crippen molar-refractivity contribution in [3.05, 3.63) is 47.2 Å². The lowest BCUT2D eigenvalue weighted by Gasteiger charge is -2.35. The van der Waals surface area contributed by atoms with Crippen molar-refractivity contribution in [2.24, 2.45) is 0 Å². The number of nitrogens with one attached hydrogen (secondary N) is 1. The standard InChI is InChI=1S/C28H36N8O4/c1-3-4-15-40-28-30-25-21(32-33-26(25)27(29)31-28)17-20-6-5-19(16-22(20)39-2)18-35-11-9-34(10-12-35)13-14-36-23(37)7-8-24(36)38/h5-8,16H,3-4,9-15,17-18H2,1-2H3,(H,32,33)(H2,29,30,31). The first-order valence-electron chi connectivity index (χ1n) is 13.7. The van der Waals surface area contributed by atoms with Gasteiger partial charge < -0.3 is 15.2 Å². The largest absolute Gasteiger partial charge is 0.496 e. The summed E-state index contributed by atoms with van der Waals surface area (Å²) in [5, 5.41) is 7.42. The zero-order chi connectivity index (χ0) is 28.1. The van der Waals surface area contributed by atoms with Crippen molar-refractivity contribution in [1.82, 2.24) is 34.9 Å². The molecule has 3 N–H and O–H groups in total. The number of carbonyl (C=O) groups is 2. The van der Waals surface area contributed by atoms with Gasteiger partial charge in [-0.25, -0.2) is 0 Å². The van der Waals surface area contributed by atoms with E-state index in [-0.39, 0.29) is 17.8 Å². The van der Waals surface area contributed by atoms with Gasteiger partial charge >= 0.3 is 6.01 Å². The summed E-state index contributed by atoms with van der Waals surface area (Å²) in [6, 6.07) is 6.54. The molecule has 4 heterocycles. The average molecular weight is 549 g/mol. The van der Waals surface area contributed by atoms with Gasteiger partial charge in [-0.2, -0.15) is 15.1 Å². The molecule has 12 nitrogen and oxygen atoms in total. The van der Waals surface area contributed by atoms with Gasteiger partial charge in [0.25, 0.3) is 11.8 Å². The lowest BCUT2D eigenvalue weighted by atomic mass is 10.0. The Morgan fingerprint density at radius 2 is 1.77 bits per heavy atom. The fraction of sp³-hybridized carbons (Fsp3) is 0.464. The van der Waals surface area contributed by atoms with E-state index in [0.29, 0.717) is 43.0 Å². The number of nitrogens with zero attached hydrogens (tertiary/aromatic N) is 6. The first-order valence-corrected chi connectivity index (χ1v) is 13.7. The van der Waals surface area contributed by atoms with E-state index in [1.54, 1.807) is 7.11 Å². The smallest absolute Gasteiger partial charge is 0.319 e. The maximum Gasteiger partial charge on any atom is 0.319 e. The summed E-state index contributed by atoms with van der Waals surface area (Å²) >= 11 is 0. The lowest BCUT2D eigenvalue weighted by Crippen LogP contribution is -2.48. The van der Waals surface area contributed by atoms with Crippen molar-refractivity contribution in [2.75, 3.05) is 58.7 Å². The highest BCUT2D eigenvalue weighted by Crippen LogP contribution is 2.28. The van der Waals surface area contributed by atoms with E-state index in [2.05, 4.69) is 55.1 Å². The van der Waals surface area contributed by atoms with E-state index < -0.39 is 0 Å². The SMILES string of the molecule is CCCCOc1nc(N)c2[nH]nc(Cc3ccc(CN4CCN(CCN5C(=O)C=CC5=O)CC4)cc3OC)c2n1. The van der Waals surface area contributed by atoms with Crippen LogP contribution in [0.3, 0.4) is 0 Å². The summed E-state index contributed by atoms with van der Waals surface area (Å²) in [5.41, 5.74) is 10.3. The number of hydrogen-bond acceptors (Lipinski definition) is 10. The Morgan fingerprint density at radius 1 is 1.02 bits per heavy atom. The zero-order valence-corrected chi connectivity index (χ0v) is 23.1. The van der Waals surface area contributed by atoms with Crippen LogP contribution in [-0.4, -0.2) is 99.7 Å². The Hall–Kier alpha value is -4.03. The fourth-order valence-corrected chi connectivity index (χ4v) is 4.98. The highest BCUT2D eigenvalue weighted by Gasteiger charge is 2.25. The van der Waals surface area contributed by atoms with Gasteiger partial charge in [-0.05, 0) is 18.1 Å². The van der Waals surface area contributed by atoms with Gasteiger partial charge in [0.15, 0.2) is 5.82 Å². The summed E-state index contributed by atoms with van der Waals surface area (Å²) in [6.07, 6.45) is 5.12. The van der Waals surface area contributed by atoms with E-state index in [1.165, 1.54) is 22.6 Å². The number of benzene rings is 1. The van der Waals surface area contributed by atoms with Crippen LogP contribution in [-0.2, 0) is 22.6 Å². The maximum atomic E-state index is 11.8. The summed E-state index contributed by atoms with van der Waals surface area (Å²) in [6.45, 7) is 8.17. The number of hydrogen-bond donors (Lipinski definition) is 2. The Kier molecular flexibility index (Phi) is 8.56. The molecule has 0 aliphatic carbocycles. The number of rotatable bonds is 12. The third-order valence-electron chi connectivity index (χ3n) is 7.34. The molecule has 3 aromatic rings. The molecule has 5 rings (SSSR count).